The third-order valence-electron chi connectivity index (χ3n) is 8.49. The Morgan fingerprint density at radius 3 is 2.48 bits per heavy atom. The van der Waals surface area contributed by atoms with Crippen molar-refractivity contribution in [3.63, 3.8) is 0 Å². The highest BCUT2D eigenvalue weighted by Gasteiger charge is 2.33. The predicted molar refractivity (Wildman–Crippen MR) is 177 cm³/mol. The van der Waals surface area contributed by atoms with Gasteiger partial charge in [0.25, 0.3) is 0 Å². The Morgan fingerprint density at radius 1 is 1.02 bits per heavy atom. The SMILES string of the molecule is CCCOc1ccc(CN(C)C)cc1NC(=O)[C@H](NC(=O)N1CCC(c2ccccc2)CC1)[C@H](C)c1c[nH]c2ccccc12. The summed E-state index contributed by atoms with van der Waals surface area (Å²) in [6, 6.07) is 23.4. The van der Waals surface area contributed by atoms with Gasteiger partial charge in [0.1, 0.15) is 11.8 Å². The summed E-state index contributed by atoms with van der Waals surface area (Å²) in [6.45, 7) is 6.60. The van der Waals surface area contributed by atoms with Crippen LogP contribution in [0.4, 0.5) is 10.5 Å². The van der Waals surface area contributed by atoms with Crippen LogP contribution in [0.3, 0.4) is 0 Å². The molecular weight excluding hydrogens is 550 g/mol. The molecule has 0 aliphatic carbocycles. The first-order valence-corrected chi connectivity index (χ1v) is 15.7. The molecule has 2 atom stereocenters. The lowest BCUT2D eigenvalue weighted by Crippen LogP contribution is -2.53. The number of anilines is 1. The molecule has 1 aliphatic rings. The zero-order valence-electron chi connectivity index (χ0n) is 26.3. The molecule has 4 aromatic rings. The smallest absolute Gasteiger partial charge is 0.318 e. The molecule has 3 N–H and O–H groups in total. The third kappa shape index (κ3) is 7.42. The molecule has 44 heavy (non-hydrogen) atoms. The number of carbonyl (C=O) groups excluding carboxylic acids is 2. The molecule has 8 heteroatoms. The number of likely N-dealkylation sites (tertiary alicyclic amines) is 1. The summed E-state index contributed by atoms with van der Waals surface area (Å²) in [5.74, 6) is 0.469. The lowest BCUT2D eigenvalue weighted by Gasteiger charge is -2.34. The molecule has 0 unspecified atom stereocenters. The van der Waals surface area contributed by atoms with E-state index in [4.69, 9.17) is 4.74 Å². The number of urea groups is 1. The molecule has 0 spiro atoms. The molecule has 3 aromatic carbocycles. The summed E-state index contributed by atoms with van der Waals surface area (Å²) >= 11 is 0. The normalized spacial score (nSPS) is 15.2. The average molecular weight is 596 g/mol. The molecule has 0 bridgehead atoms. The second-order valence-corrected chi connectivity index (χ2v) is 12.1. The van der Waals surface area contributed by atoms with E-state index in [0.29, 0.717) is 37.1 Å². The molecular formula is C36H45N5O3. The van der Waals surface area contributed by atoms with Gasteiger partial charge in [0.2, 0.25) is 5.91 Å². The summed E-state index contributed by atoms with van der Waals surface area (Å²) < 4.78 is 6.01. The van der Waals surface area contributed by atoms with Gasteiger partial charge in [-0.05, 0) is 74.2 Å². The maximum Gasteiger partial charge on any atom is 0.318 e. The molecule has 1 fully saturated rings. The van der Waals surface area contributed by atoms with E-state index in [2.05, 4.69) is 51.7 Å². The molecule has 1 aromatic heterocycles. The van der Waals surface area contributed by atoms with Crippen molar-refractivity contribution < 1.29 is 14.3 Å². The summed E-state index contributed by atoms with van der Waals surface area (Å²) in [7, 11) is 4.02. The fourth-order valence-corrected chi connectivity index (χ4v) is 6.12. The van der Waals surface area contributed by atoms with Crippen molar-refractivity contribution in [1.29, 1.82) is 0 Å². The van der Waals surface area contributed by atoms with Crippen molar-refractivity contribution >= 4 is 28.5 Å². The van der Waals surface area contributed by atoms with Crippen molar-refractivity contribution in [3.8, 4) is 5.75 Å². The van der Waals surface area contributed by atoms with E-state index < -0.39 is 6.04 Å². The minimum atomic E-state index is -0.815. The van der Waals surface area contributed by atoms with Crippen molar-refractivity contribution in [2.75, 3.05) is 39.1 Å². The third-order valence-corrected chi connectivity index (χ3v) is 8.49. The van der Waals surface area contributed by atoms with Crippen LogP contribution in [0.25, 0.3) is 10.9 Å². The van der Waals surface area contributed by atoms with Crippen molar-refractivity contribution in [3.05, 3.63) is 95.7 Å². The van der Waals surface area contributed by atoms with Crippen LogP contribution >= 0.6 is 0 Å². The van der Waals surface area contributed by atoms with Crippen LogP contribution < -0.4 is 15.4 Å². The molecule has 1 saturated heterocycles. The van der Waals surface area contributed by atoms with Gasteiger partial charge >= 0.3 is 6.03 Å². The first-order chi connectivity index (χ1) is 21.3. The molecule has 0 saturated carbocycles. The lowest BCUT2D eigenvalue weighted by molar-refractivity contribution is -0.118. The Kier molecular flexibility index (Phi) is 10.2. The number of hydrogen-bond acceptors (Lipinski definition) is 4. The fraction of sp³-hybridized carbons (Fsp3) is 0.389. The largest absolute Gasteiger partial charge is 0.491 e. The number of piperidine rings is 1. The second-order valence-electron chi connectivity index (χ2n) is 12.1. The topological polar surface area (TPSA) is 89.7 Å². The Bertz CT molecular complexity index is 1540. The number of H-pyrrole nitrogens is 1. The van der Waals surface area contributed by atoms with Gasteiger partial charge in [0.05, 0.1) is 12.3 Å². The number of fused-ring (bicyclic) bond motifs is 1. The summed E-state index contributed by atoms with van der Waals surface area (Å²) in [6.07, 6.45) is 4.58. The molecule has 1 aliphatic heterocycles. The highest BCUT2D eigenvalue weighted by molar-refractivity contribution is 5.99. The van der Waals surface area contributed by atoms with Crippen LogP contribution in [0, 0.1) is 0 Å². The highest BCUT2D eigenvalue weighted by atomic mass is 16.5. The Balaban J connectivity index is 1.38. The summed E-state index contributed by atoms with van der Waals surface area (Å²) in [5, 5.41) is 7.31. The van der Waals surface area contributed by atoms with Gasteiger partial charge in [-0.25, -0.2) is 4.79 Å². The van der Waals surface area contributed by atoms with Gasteiger partial charge in [-0.15, -0.1) is 0 Å². The zero-order valence-corrected chi connectivity index (χ0v) is 26.3. The van der Waals surface area contributed by atoms with Crippen molar-refractivity contribution in [1.82, 2.24) is 20.1 Å². The van der Waals surface area contributed by atoms with Crippen LogP contribution in [-0.4, -0.2) is 66.6 Å². The van der Waals surface area contributed by atoms with Gasteiger partial charge in [-0.2, -0.15) is 0 Å². The number of hydrogen-bond donors (Lipinski definition) is 3. The molecule has 8 nitrogen and oxygen atoms in total. The number of aromatic amines is 1. The van der Waals surface area contributed by atoms with Crippen molar-refractivity contribution in [2.45, 2.75) is 57.5 Å². The van der Waals surface area contributed by atoms with Crippen LogP contribution in [-0.2, 0) is 11.3 Å². The van der Waals surface area contributed by atoms with Gasteiger partial charge in [-0.3, -0.25) is 4.79 Å². The maximum absolute atomic E-state index is 14.2. The maximum atomic E-state index is 14.2. The molecule has 3 amide bonds. The van der Waals surface area contributed by atoms with E-state index >= 15 is 0 Å². The Morgan fingerprint density at radius 2 is 1.75 bits per heavy atom. The second kappa shape index (κ2) is 14.4. The number of para-hydroxylation sites is 1. The summed E-state index contributed by atoms with van der Waals surface area (Å²) in [4.78, 5) is 35.2. The monoisotopic (exact) mass is 595 g/mol. The lowest BCUT2D eigenvalue weighted by atomic mass is 9.89. The number of nitrogens with zero attached hydrogens (tertiary/aromatic N) is 2. The fourth-order valence-electron chi connectivity index (χ4n) is 6.12. The number of rotatable bonds is 11. The van der Waals surface area contributed by atoms with Crippen LogP contribution in [0.15, 0.2) is 79.0 Å². The summed E-state index contributed by atoms with van der Waals surface area (Å²) in [5.41, 5.74) is 4.95. The van der Waals surface area contributed by atoms with Gasteiger partial charge < -0.3 is 30.2 Å². The van der Waals surface area contributed by atoms with E-state index in [-0.39, 0.29) is 17.9 Å². The van der Waals surface area contributed by atoms with Crippen LogP contribution in [0.2, 0.25) is 0 Å². The first-order valence-electron chi connectivity index (χ1n) is 15.7. The molecule has 5 rings (SSSR count). The number of aromatic nitrogens is 1. The van der Waals surface area contributed by atoms with E-state index in [0.717, 1.165) is 47.8 Å². The van der Waals surface area contributed by atoms with Gasteiger partial charge in [0.15, 0.2) is 0 Å². The van der Waals surface area contributed by atoms with Crippen LogP contribution in [0.1, 0.15) is 61.6 Å². The predicted octanol–water partition coefficient (Wildman–Crippen LogP) is 6.72. The van der Waals surface area contributed by atoms with E-state index in [1.54, 1.807) is 0 Å². The van der Waals surface area contributed by atoms with Gasteiger partial charge in [0, 0.05) is 42.7 Å². The number of amides is 3. The standard InChI is InChI=1S/C36H45N5O3/c1-5-21-44-33-16-15-26(24-40(3)4)22-32(33)38-35(42)34(25(2)30-23-37-31-14-10-9-13-29(30)31)39-36(43)41-19-17-28(18-20-41)27-11-7-6-8-12-27/h6-16,22-23,25,28,34,37H,5,17-21,24H2,1-4H3,(H,38,42)(H,39,43)/t25-,34-/m1/s1. The number of nitrogens with one attached hydrogen (secondary N) is 3. The minimum absolute atomic E-state index is 0.216. The number of benzene rings is 3. The average Bonchev–Trinajstić information content (AvgIpc) is 3.47. The zero-order chi connectivity index (χ0) is 31.1. The van der Waals surface area contributed by atoms with Crippen molar-refractivity contribution in [2.24, 2.45) is 0 Å². The Labute approximate surface area is 260 Å². The Hall–Kier alpha value is -4.30. The highest BCUT2D eigenvalue weighted by Crippen LogP contribution is 2.32. The number of carbonyl (C=O) groups is 2. The quantitative estimate of drug-likeness (QED) is 0.180. The van der Waals surface area contributed by atoms with Crippen LogP contribution in [0.5, 0.6) is 5.75 Å². The first kappa shape index (κ1) is 31.1. The van der Waals surface area contributed by atoms with E-state index in [1.165, 1.54) is 5.56 Å². The van der Waals surface area contributed by atoms with E-state index in [9.17, 15) is 9.59 Å². The minimum Gasteiger partial charge on any atom is -0.491 e. The van der Waals surface area contributed by atoms with Gasteiger partial charge in [-0.1, -0.05) is 68.4 Å². The van der Waals surface area contributed by atoms with E-state index in [1.807, 2.05) is 80.6 Å². The molecule has 232 valence electrons. The molecule has 2 heterocycles. The number of ether oxygens (including phenoxy) is 1. The molecule has 0 radical (unpaired) electrons.